The van der Waals surface area contributed by atoms with E-state index in [2.05, 4.69) is 4.98 Å². The lowest BCUT2D eigenvalue weighted by Crippen LogP contribution is -2.36. The van der Waals surface area contributed by atoms with Crippen molar-refractivity contribution in [2.45, 2.75) is 31.7 Å². The van der Waals surface area contributed by atoms with Crippen molar-refractivity contribution in [3.63, 3.8) is 0 Å². The molecule has 0 bridgehead atoms. The van der Waals surface area contributed by atoms with E-state index in [0.717, 1.165) is 12.6 Å². The first-order chi connectivity index (χ1) is 15.5. The average molecular weight is 473 g/mol. The van der Waals surface area contributed by atoms with Gasteiger partial charge in [-0.05, 0) is 50.6 Å². The standard InChI is InChI=1S/C22H28N6O4S/c1-14(2)28(13-23)21(24)16-7-6-8-20(25-16)27-10-9-26(22(27)29)17-12-19(33(5,30)31)15(3)11-18(17)32-4/h6-8,11-14,23-24H,9-10H2,1-5H3. The number of urea groups is 1. The quantitative estimate of drug-likeness (QED) is 0.471. The van der Waals surface area contributed by atoms with Crippen LogP contribution in [0.15, 0.2) is 35.2 Å². The van der Waals surface area contributed by atoms with Gasteiger partial charge in [-0.25, -0.2) is 18.2 Å². The third-order valence-electron chi connectivity index (χ3n) is 5.38. The van der Waals surface area contributed by atoms with Gasteiger partial charge in [-0.15, -0.1) is 0 Å². The van der Waals surface area contributed by atoms with Crippen molar-refractivity contribution in [2.75, 3.05) is 36.3 Å². The van der Waals surface area contributed by atoms with Crippen LogP contribution in [0.5, 0.6) is 5.75 Å². The van der Waals surface area contributed by atoms with Gasteiger partial charge in [-0.3, -0.25) is 20.6 Å². The Kier molecular flexibility index (Phi) is 6.73. The summed E-state index contributed by atoms with van der Waals surface area (Å²) in [5, 5.41) is 16.0. The minimum Gasteiger partial charge on any atom is -0.495 e. The Balaban J connectivity index is 1.96. The summed E-state index contributed by atoms with van der Waals surface area (Å²) in [7, 11) is -2.02. The summed E-state index contributed by atoms with van der Waals surface area (Å²) >= 11 is 0. The van der Waals surface area contributed by atoms with Gasteiger partial charge >= 0.3 is 6.03 Å². The number of aromatic nitrogens is 1. The molecule has 1 fully saturated rings. The van der Waals surface area contributed by atoms with Gasteiger partial charge in [0.2, 0.25) is 0 Å². The number of amidine groups is 1. The summed E-state index contributed by atoms with van der Waals surface area (Å²) in [6.45, 7) is 6.05. The van der Waals surface area contributed by atoms with Crippen LogP contribution < -0.4 is 14.5 Å². The third-order valence-corrected chi connectivity index (χ3v) is 6.62. The summed E-state index contributed by atoms with van der Waals surface area (Å²) in [5.41, 5.74) is 1.24. The maximum Gasteiger partial charge on any atom is 0.330 e. The Morgan fingerprint density at radius 2 is 1.91 bits per heavy atom. The molecule has 11 heteroatoms. The first-order valence-electron chi connectivity index (χ1n) is 10.3. The lowest BCUT2D eigenvalue weighted by Gasteiger charge is -2.24. The minimum atomic E-state index is -3.49. The highest BCUT2D eigenvalue weighted by Gasteiger charge is 2.34. The molecular formula is C22H28N6O4S. The zero-order valence-corrected chi connectivity index (χ0v) is 20.1. The van der Waals surface area contributed by atoms with Gasteiger partial charge in [0.25, 0.3) is 0 Å². The molecule has 0 unspecified atom stereocenters. The van der Waals surface area contributed by atoms with Gasteiger partial charge in [-0.2, -0.15) is 0 Å². The van der Waals surface area contributed by atoms with Crippen LogP contribution in [0.2, 0.25) is 0 Å². The number of methoxy groups -OCH3 is 1. The van der Waals surface area contributed by atoms with E-state index >= 15 is 0 Å². The van der Waals surface area contributed by atoms with Gasteiger partial charge < -0.3 is 9.64 Å². The number of benzene rings is 1. The van der Waals surface area contributed by atoms with Crippen LogP contribution in [0.4, 0.5) is 16.3 Å². The molecule has 0 spiro atoms. The molecule has 0 saturated carbocycles. The highest BCUT2D eigenvalue weighted by molar-refractivity contribution is 7.90. The lowest BCUT2D eigenvalue weighted by molar-refractivity contribution is 0.255. The summed E-state index contributed by atoms with van der Waals surface area (Å²) in [4.78, 5) is 22.3. The second-order valence-electron chi connectivity index (χ2n) is 8.01. The highest BCUT2D eigenvalue weighted by Crippen LogP contribution is 2.36. The number of nitrogens with zero attached hydrogens (tertiary/aromatic N) is 4. The lowest BCUT2D eigenvalue weighted by atomic mass is 10.2. The summed E-state index contributed by atoms with van der Waals surface area (Å²) in [6.07, 6.45) is 2.20. The molecule has 1 aromatic carbocycles. The second kappa shape index (κ2) is 9.18. The summed E-state index contributed by atoms with van der Waals surface area (Å²) < 4.78 is 29.9. The number of aryl methyl sites for hydroxylation is 1. The Bertz CT molecular complexity index is 1210. The van der Waals surface area contributed by atoms with E-state index in [1.54, 1.807) is 31.2 Å². The second-order valence-corrected chi connectivity index (χ2v) is 9.99. The number of carbonyl (C=O) groups excluding carboxylic acids is 1. The minimum absolute atomic E-state index is 0.0587. The van der Waals surface area contributed by atoms with Crippen molar-refractivity contribution < 1.29 is 17.9 Å². The molecule has 0 atom stereocenters. The zero-order chi connectivity index (χ0) is 24.5. The number of sulfone groups is 1. The fourth-order valence-corrected chi connectivity index (χ4v) is 4.68. The first kappa shape index (κ1) is 24.2. The van der Waals surface area contributed by atoms with Gasteiger partial charge in [0, 0.05) is 25.4 Å². The van der Waals surface area contributed by atoms with Crippen molar-refractivity contribution in [3.8, 4) is 5.75 Å². The number of hydrogen-bond donors (Lipinski definition) is 2. The number of pyridine rings is 1. The van der Waals surface area contributed by atoms with E-state index < -0.39 is 9.84 Å². The molecule has 3 rings (SSSR count). The Hall–Kier alpha value is -3.47. The number of anilines is 2. The maximum absolute atomic E-state index is 13.3. The first-order valence-corrected chi connectivity index (χ1v) is 12.2. The van der Waals surface area contributed by atoms with Crippen LogP contribution in [0, 0.1) is 17.7 Å². The molecule has 0 radical (unpaired) electrons. The number of amides is 2. The van der Waals surface area contributed by atoms with Crippen molar-refractivity contribution in [3.05, 3.63) is 41.6 Å². The van der Waals surface area contributed by atoms with E-state index in [1.165, 1.54) is 27.9 Å². The van der Waals surface area contributed by atoms with Gasteiger partial charge in [-0.1, -0.05) is 6.07 Å². The largest absolute Gasteiger partial charge is 0.495 e. The molecule has 1 aromatic heterocycles. The number of hydrogen-bond acceptors (Lipinski definition) is 7. The van der Waals surface area contributed by atoms with E-state index in [0.29, 0.717) is 41.6 Å². The molecule has 1 saturated heterocycles. The Morgan fingerprint density at radius 3 is 2.48 bits per heavy atom. The predicted octanol–water partition coefficient (Wildman–Crippen LogP) is 2.89. The normalized spacial score (nSPS) is 14.1. The van der Waals surface area contributed by atoms with E-state index in [4.69, 9.17) is 15.6 Å². The molecule has 2 heterocycles. The number of rotatable bonds is 7. The molecule has 176 valence electrons. The smallest absolute Gasteiger partial charge is 0.330 e. The molecule has 2 amide bonds. The molecule has 33 heavy (non-hydrogen) atoms. The Labute approximate surface area is 193 Å². The van der Waals surface area contributed by atoms with Crippen molar-refractivity contribution in [1.29, 1.82) is 10.8 Å². The third kappa shape index (κ3) is 4.68. The van der Waals surface area contributed by atoms with Crippen LogP contribution in [-0.2, 0) is 9.84 Å². The molecule has 1 aliphatic heterocycles. The molecule has 1 aliphatic rings. The highest BCUT2D eigenvalue weighted by atomic mass is 32.2. The van der Waals surface area contributed by atoms with Crippen molar-refractivity contribution >= 4 is 39.5 Å². The van der Waals surface area contributed by atoms with Gasteiger partial charge in [0.05, 0.1) is 24.0 Å². The van der Waals surface area contributed by atoms with Crippen LogP contribution in [0.3, 0.4) is 0 Å². The van der Waals surface area contributed by atoms with E-state index in [-0.39, 0.29) is 22.8 Å². The van der Waals surface area contributed by atoms with Crippen LogP contribution >= 0.6 is 0 Å². The van der Waals surface area contributed by atoms with Crippen LogP contribution in [0.1, 0.15) is 25.1 Å². The zero-order valence-electron chi connectivity index (χ0n) is 19.3. The van der Waals surface area contributed by atoms with Crippen LogP contribution in [0.25, 0.3) is 0 Å². The summed E-state index contributed by atoms with van der Waals surface area (Å²) in [5.74, 6) is 0.827. The fraction of sp³-hybridized carbons (Fsp3) is 0.364. The molecule has 10 nitrogen and oxygen atoms in total. The number of carbonyl (C=O) groups is 1. The van der Waals surface area contributed by atoms with Gasteiger partial charge in [0.15, 0.2) is 15.7 Å². The average Bonchev–Trinajstić information content (AvgIpc) is 3.14. The number of nitrogens with one attached hydrogen (secondary N) is 2. The van der Waals surface area contributed by atoms with Crippen molar-refractivity contribution in [1.82, 2.24) is 9.88 Å². The van der Waals surface area contributed by atoms with Crippen LogP contribution in [-0.4, -0.2) is 69.0 Å². The predicted molar refractivity (Wildman–Crippen MR) is 128 cm³/mol. The number of ether oxygens (including phenoxy) is 1. The molecule has 2 aromatic rings. The maximum atomic E-state index is 13.3. The van der Waals surface area contributed by atoms with E-state index in [1.807, 2.05) is 13.8 Å². The SMILES string of the molecule is COc1cc(C)c(S(C)(=O)=O)cc1N1CCN(c2cccc(C(=N)N(C=N)C(C)C)n2)C1=O. The van der Waals surface area contributed by atoms with Crippen molar-refractivity contribution in [2.24, 2.45) is 0 Å². The monoisotopic (exact) mass is 472 g/mol. The fourth-order valence-electron chi connectivity index (χ4n) is 3.71. The van der Waals surface area contributed by atoms with Gasteiger partial charge in [0.1, 0.15) is 17.3 Å². The summed E-state index contributed by atoms with van der Waals surface area (Å²) in [6, 6.07) is 7.65. The molecule has 0 aliphatic carbocycles. The van der Waals surface area contributed by atoms with E-state index in [9.17, 15) is 13.2 Å². The molecular weight excluding hydrogens is 444 g/mol. The Morgan fingerprint density at radius 1 is 1.24 bits per heavy atom. The topological polar surface area (TPSA) is 131 Å². The molecule has 2 N–H and O–H groups in total.